The van der Waals surface area contributed by atoms with Crippen molar-refractivity contribution in [1.29, 1.82) is 0 Å². The van der Waals surface area contributed by atoms with Crippen LogP contribution in [0.4, 0.5) is 0 Å². The Balaban J connectivity index is 1.41. The average molecular weight is 329 g/mol. The number of likely N-dealkylation sites (N-methyl/N-ethyl adjacent to an activating group) is 1. The van der Waals surface area contributed by atoms with E-state index < -0.39 is 0 Å². The first-order valence-corrected chi connectivity index (χ1v) is 9.58. The molecule has 2 heterocycles. The molecule has 0 radical (unpaired) electrons. The number of hydrogen-bond donors (Lipinski definition) is 1. The van der Waals surface area contributed by atoms with E-state index in [1.54, 1.807) is 0 Å². The normalized spacial score (nSPS) is 28.0. The fourth-order valence-corrected chi connectivity index (χ4v) is 4.46. The Morgan fingerprint density at radius 3 is 2.67 bits per heavy atom. The van der Waals surface area contributed by atoms with Gasteiger partial charge in [-0.15, -0.1) is 0 Å². The van der Waals surface area contributed by atoms with Gasteiger partial charge in [0.2, 0.25) is 0 Å². The van der Waals surface area contributed by atoms with E-state index in [0.29, 0.717) is 12.1 Å². The molecule has 3 aliphatic rings. The first-order valence-electron chi connectivity index (χ1n) is 9.58. The summed E-state index contributed by atoms with van der Waals surface area (Å²) in [5.74, 6) is 1.10. The number of benzene rings is 1. The predicted octanol–water partition coefficient (Wildman–Crippen LogP) is 2.66. The van der Waals surface area contributed by atoms with E-state index in [1.807, 2.05) is 0 Å². The Hall–Kier alpha value is -1.10. The lowest BCUT2D eigenvalue weighted by atomic mass is 9.73. The fraction of sp³-hybridized carbons (Fsp3) is 0.700. The van der Waals surface area contributed by atoms with Gasteiger partial charge in [0, 0.05) is 56.8 Å². The van der Waals surface area contributed by atoms with Crippen LogP contribution in [0.2, 0.25) is 0 Å². The number of ether oxygens (including phenoxy) is 1. The third-order valence-electron chi connectivity index (χ3n) is 6.08. The first kappa shape index (κ1) is 16.4. The monoisotopic (exact) mass is 329 g/mol. The third kappa shape index (κ3) is 3.32. The van der Waals surface area contributed by atoms with Crippen LogP contribution in [0, 0.1) is 0 Å². The summed E-state index contributed by atoms with van der Waals surface area (Å²) in [5, 5.41) is 3.92. The molecule has 4 nitrogen and oxygen atoms in total. The second kappa shape index (κ2) is 6.66. The zero-order chi connectivity index (χ0) is 16.6. The summed E-state index contributed by atoms with van der Waals surface area (Å²) in [6, 6.07) is 9.55. The van der Waals surface area contributed by atoms with Crippen LogP contribution in [0.15, 0.2) is 24.3 Å². The van der Waals surface area contributed by atoms with E-state index in [1.165, 1.54) is 51.0 Å². The molecule has 0 aromatic heterocycles. The summed E-state index contributed by atoms with van der Waals surface area (Å²) < 4.78 is 6.37. The van der Waals surface area contributed by atoms with Crippen molar-refractivity contribution < 1.29 is 4.74 Å². The van der Waals surface area contributed by atoms with Gasteiger partial charge in [-0.25, -0.2) is 0 Å². The highest BCUT2D eigenvalue weighted by Gasteiger charge is 2.45. The molecule has 1 aromatic carbocycles. The predicted molar refractivity (Wildman–Crippen MR) is 97.5 cm³/mol. The number of piperazine rings is 1. The second-order valence-corrected chi connectivity index (χ2v) is 8.10. The van der Waals surface area contributed by atoms with E-state index in [0.717, 1.165) is 18.7 Å². The number of hydrogen-bond acceptors (Lipinski definition) is 4. The van der Waals surface area contributed by atoms with Crippen LogP contribution in [-0.2, 0) is 0 Å². The zero-order valence-electron chi connectivity index (χ0n) is 15.1. The number of fused-ring (bicyclic) bond motifs is 1. The van der Waals surface area contributed by atoms with E-state index in [9.17, 15) is 0 Å². The zero-order valence-corrected chi connectivity index (χ0v) is 15.1. The minimum Gasteiger partial charge on any atom is -0.487 e. The number of para-hydroxylation sites is 1. The molecule has 1 aromatic rings. The molecule has 2 fully saturated rings. The smallest absolute Gasteiger partial charge is 0.124 e. The molecular weight excluding hydrogens is 298 g/mol. The van der Waals surface area contributed by atoms with Gasteiger partial charge in [-0.3, -0.25) is 4.90 Å². The molecule has 1 N–H and O–H groups in total. The van der Waals surface area contributed by atoms with Crippen molar-refractivity contribution in [2.45, 2.75) is 50.3 Å². The molecule has 4 rings (SSSR count). The molecule has 1 aliphatic carbocycles. The lowest BCUT2D eigenvalue weighted by molar-refractivity contribution is -0.0382. The van der Waals surface area contributed by atoms with Crippen molar-refractivity contribution in [3.05, 3.63) is 29.8 Å². The van der Waals surface area contributed by atoms with Crippen molar-refractivity contribution in [3.8, 4) is 5.75 Å². The Morgan fingerprint density at radius 1 is 1.21 bits per heavy atom. The van der Waals surface area contributed by atoms with Gasteiger partial charge in [0.05, 0.1) is 0 Å². The summed E-state index contributed by atoms with van der Waals surface area (Å²) in [6.45, 7) is 8.24. The molecular formula is C20H31N3O. The molecule has 0 amide bonds. The summed E-state index contributed by atoms with van der Waals surface area (Å²) in [4.78, 5) is 5.02. The molecule has 1 spiro atoms. The van der Waals surface area contributed by atoms with Crippen LogP contribution in [0.25, 0.3) is 0 Å². The van der Waals surface area contributed by atoms with Gasteiger partial charge in [-0.1, -0.05) is 18.2 Å². The fourth-order valence-electron chi connectivity index (χ4n) is 4.46. The van der Waals surface area contributed by atoms with Crippen LogP contribution in [0.5, 0.6) is 5.75 Å². The van der Waals surface area contributed by atoms with Gasteiger partial charge in [-0.05, 0) is 39.3 Å². The molecule has 4 heteroatoms. The molecule has 1 saturated carbocycles. The molecule has 132 valence electrons. The van der Waals surface area contributed by atoms with Crippen LogP contribution in [0.1, 0.15) is 44.2 Å². The molecule has 2 aliphatic heterocycles. The van der Waals surface area contributed by atoms with Crippen molar-refractivity contribution in [1.82, 2.24) is 15.1 Å². The van der Waals surface area contributed by atoms with Crippen LogP contribution in [-0.4, -0.2) is 61.2 Å². The van der Waals surface area contributed by atoms with Crippen molar-refractivity contribution in [3.63, 3.8) is 0 Å². The van der Waals surface area contributed by atoms with Crippen molar-refractivity contribution in [2.75, 3.05) is 39.8 Å². The molecule has 2 atom stereocenters. The van der Waals surface area contributed by atoms with Gasteiger partial charge < -0.3 is 15.0 Å². The summed E-state index contributed by atoms with van der Waals surface area (Å²) >= 11 is 0. The minimum atomic E-state index is 0.111. The van der Waals surface area contributed by atoms with E-state index in [2.05, 4.69) is 53.4 Å². The van der Waals surface area contributed by atoms with Crippen LogP contribution >= 0.6 is 0 Å². The lowest BCUT2D eigenvalue weighted by Crippen LogP contribution is -2.52. The highest BCUT2D eigenvalue weighted by molar-refractivity contribution is 5.39. The van der Waals surface area contributed by atoms with Gasteiger partial charge in [0.15, 0.2) is 0 Å². The molecule has 0 bridgehead atoms. The Labute approximate surface area is 146 Å². The topological polar surface area (TPSA) is 27.7 Å². The summed E-state index contributed by atoms with van der Waals surface area (Å²) in [5.41, 5.74) is 1.46. The summed E-state index contributed by atoms with van der Waals surface area (Å²) in [6.07, 6.45) is 4.86. The van der Waals surface area contributed by atoms with Crippen molar-refractivity contribution in [2.24, 2.45) is 0 Å². The Morgan fingerprint density at radius 2 is 1.96 bits per heavy atom. The first-order chi connectivity index (χ1) is 11.6. The van der Waals surface area contributed by atoms with Gasteiger partial charge >= 0.3 is 0 Å². The quantitative estimate of drug-likeness (QED) is 0.919. The Kier molecular flexibility index (Phi) is 4.54. The lowest BCUT2D eigenvalue weighted by Gasteiger charge is -2.48. The SMILES string of the molecule is C[C@H](CN1CCN(C)CC1)N[C@H]1CC2(CCC2)Oc2ccccc21. The highest BCUT2D eigenvalue weighted by atomic mass is 16.5. The summed E-state index contributed by atoms with van der Waals surface area (Å²) in [7, 11) is 2.22. The van der Waals surface area contributed by atoms with Crippen LogP contribution < -0.4 is 10.1 Å². The number of nitrogens with zero attached hydrogens (tertiary/aromatic N) is 2. The van der Waals surface area contributed by atoms with Gasteiger partial charge in [-0.2, -0.15) is 0 Å². The third-order valence-corrected chi connectivity index (χ3v) is 6.08. The second-order valence-electron chi connectivity index (χ2n) is 8.10. The molecule has 24 heavy (non-hydrogen) atoms. The maximum atomic E-state index is 6.37. The van der Waals surface area contributed by atoms with Crippen LogP contribution in [0.3, 0.4) is 0 Å². The van der Waals surface area contributed by atoms with E-state index >= 15 is 0 Å². The van der Waals surface area contributed by atoms with E-state index in [4.69, 9.17) is 4.74 Å². The Bertz CT molecular complexity index is 564. The standard InChI is InChI=1S/C20H31N3O/c1-16(15-23-12-10-22(2)11-13-23)21-18-14-20(8-5-9-20)24-19-7-4-3-6-17(18)19/h3-4,6-7,16,18,21H,5,8-15H2,1-2H3/t16-,18+/m1/s1. The maximum absolute atomic E-state index is 6.37. The highest BCUT2D eigenvalue weighted by Crippen LogP contribution is 2.48. The maximum Gasteiger partial charge on any atom is 0.124 e. The van der Waals surface area contributed by atoms with Crippen molar-refractivity contribution >= 4 is 0 Å². The number of nitrogens with one attached hydrogen (secondary N) is 1. The average Bonchev–Trinajstić information content (AvgIpc) is 2.55. The number of rotatable bonds is 4. The van der Waals surface area contributed by atoms with E-state index in [-0.39, 0.29) is 5.60 Å². The minimum absolute atomic E-state index is 0.111. The molecule has 1 saturated heterocycles. The molecule has 0 unspecified atom stereocenters. The van der Waals surface area contributed by atoms with Gasteiger partial charge in [0.25, 0.3) is 0 Å². The van der Waals surface area contributed by atoms with Gasteiger partial charge in [0.1, 0.15) is 11.4 Å². The largest absolute Gasteiger partial charge is 0.487 e.